The largest absolute Gasteiger partial charge is 0.330 e. The average Bonchev–Trinajstić information content (AvgIpc) is 2.95. The SMILES string of the molecule is C[C@]12CCC(C=CCCCN)C[C@@H]1C(=O)C[C@@H]1[C@@H]2CC[C@]2(C)C(=O)CC[C@@H]12.Cl. The maximum absolute atomic E-state index is 13.3. The first-order valence-electron chi connectivity index (χ1n) is 11.3. The molecule has 0 aromatic rings. The van der Waals surface area contributed by atoms with E-state index in [9.17, 15) is 9.59 Å². The standard InChI is InChI=1S/C24H37NO2.ClH/c1-23-11-9-16(6-4-3-5-13-25)14-20(23)21(26)15-17-18-7-8-22(27)24(18,2)12-10-19(17)23;/h4,6,16-20H,3,5,7-15,25H2,1-2H3;1H/t16?,17-,18-,19-,20+,23+,24-;/m0./s1. The number of hydrogen-bond acceptors (Lipinski definition) is 3. The molecule has 0 aliphatic heterocycles. The number of allylic oxidation sites excluding steroid dienone is 2. The molecule has 7 atom stereocenters. The summed E-state index contributed by atoms with van der Waals surface area (Å²) < 4.78 is 0. The van der Waals surface area contributed by atoms with E-state index in [1.165, 1.54) is 12.8 Å². The summed E-state index contributed by atoms with van der Waals surface area (Å²) in [7, 11) is 0. The van der Waals surface area contributed by atoms with Gasteiger partial charge in [-0.3, -0.25) is 9.59 Å². The first-order chi connectivity index (χ1) is 12.9. The predicted molar refractivity (Wildman–Crippen MR) is 115 cm³/mol. The second-order valence-electron chi connectivity index (χ2n) is 10.4. The average molecular weight is 408 g/mol. The molecule has 158 valence electrons. The number of fused-ring (bicyclic) bond motifs is 5. The number of ketones is 2. The highest BCUT2D eigenvalue weighted by Gasteiger charge is 2.62. The Morgan fingerprint density at radius 3 is 2.64 bits per heavy atom. The number of Topliss-reactive ketones (excluding diaryl/α,β-unsaturated/α-hetero) is 2. The summed E-state index contributed by atoms with van der Waals surface area (Å²) in [5.74, 6) is 3.33. The Bertz CT molecular complexity index is 647. The molecule has 0 radical (unpaired) electrons. The Balaban J connectivity index is 0.00000225. The summed E-state index contributed by atoms with van der Waals surface area (Å²) in [6, 6.07) is 0. The van der Waals surface area contributed by atoms with E-state index in [0.717, 1.165) is 57.9 Å². The molecule has 0 aromatic heterocycles. The molecule has 4 aliphatic rings. The first-order valence-corrected chi connectivity index (χ1v) is 11.3. The minimum atomic E-state index is -0.131. The maximum atomic E-state index is 13.3. The second-order valence-corrected chi connectivity index (χ2v) is 10.4. The van der Waals surface area contributed by atoms with Crippen molar-refractivity contribution in [2.45, 2.75) is 78.1 Å². The fraction of sp³-hybridized carbons (Fsp3) is 0.833. The predicted octanol–water partition coefficient (Wildman–Crippen LogP) is 5.11. The van der Waals surface area contributed by atoms with Crippen LogP contribution < -0.4 is 5.73 Å². The molecule has 2 N–H and O–H groups in total. The van der Waals surface area contributed by atoms with Gasteiger partial charge in [0.15, 0.2) is 0 Å². The lowest BCUT2D eigenvalue weighted by atomic mass is 9.44. The number of carbonyl (C=O) groups excluding carboxylic acids is 2. The monoisotopic (exact) mass is 407 g/mol. The third kappa shape index (κ3) is 3.41. The molecular formula is C24H38ClNO2. The molecule has 0 spiro atoms. The molecular weight excluding hydrogens is 370 g/mol. The van der Waals surface area contributed by atoms with Gasteiger partial charge in [0.2, 0.25) is 0 Å². The van der Waals surface area contributed by atoms with Crippen molar-refractivity contribution in [1.82, 2.24) is 0 Å². The van der Waals surface area contributed by atoms with Gasteiger partial charge in [-0.15, -0.1) is 12.4 Å². The van der Waals surface area contributed by atoms with Gasteiger partial charge in [-0.1, -0.05) is 26.0 Å². The van der Waals surface area contributed by atoms with Gasteiger partial charge in [-0.05, 0) is 87.0 Å². The maximum Gasteiger partial charge on any atom is 0.139 e. The molecule has 1 unspecified atom stereocenters. The third-order valence-electron chi connectivity index (χ3n) is 9.19. The Labute approximate surface area is 176 Å². The van der Waals surface area contributed by atoms with Crippen LogP contribution in [0.2, 0.25) is 0 Å². The second kappa shape index (κ2) is 8.22. The zero-order valence-corrected chi connectivity index (χ0v) is 18.4. The Kier molecular flexibility index (Phi) is 6.47. The van der Waals surface area contributed by atoms with Crippen LogP contribution >= 0.6 is 12.4 Å². The van der Waals surface area contributed by atoms with E-state index in [1.807, 2.05) is 0 Å². The van der Waals surface area contributed by atoms with Crippen molar-refractivity contribution in [3.8, 4) is 0 Å². The van der Waals surface area contributed by atoms with Gasteiger partial charge in [0.25, 0.3) is 0 Å². The summed E-state index contributed by atoms with van der Waals surface area (Å²) >= 11 is 0. The number of hydrogen-bond donors (Lipinski definition) is 1. The van der Waals surface area contributed by atoms with Crippen molar-refractivity contribution in [2.24, 2.45) is 46.2 Å². The molecule has 4 saturated carbocycles. The molecule has 0 heterocycles. The molecule has 4 rings (SSSR count). The van der Waals surface area contributed by atoms with Crippen molar-refractivity contribution >= 4 is 24.0 Å². The van der Waals surface area contributed by atoms with Crippen molar-refractivity contribution < 1.29 is 9.59 Å². The highest BCUT2D eigenvalue weighted by molar-refractivity contribution is 5.88. The summed E-state index contributed by atoms with van der Waals surface area (Å²) in [5.41, 5.74) is 5.62. The van der Waals surface area contributed by atoms with E-state index in [2.05, 4.69) is 26.0 Å². The van der Waals surface area contributed by atoms with E-state index >= 15 is 0 Å². The molecule has 0 amide bonds. The first kappa shape index (κ1) is 22.0. The van der Waals surface area contributed by atoms with Gasteiger partial charge < -0.3 is 5.73 Å². The van der Waals surface area contributed by atoms with Gasteiger partial charge in [-0.2, -0.15) is 0 Å². The van der Waals surface area contributed by atoms with E-state index in [4.69, 9.17) is 5.73 Å². The van der Waals surface area contributed by atoms with Crippen molar-refractivity contribution in [1.29, 1.82) is 0 Å². The van der Waals surface area contributed by atoms with E-state index in [1.54, 1.807) is 0 Å². The molecule has 4 aliphatic carbocycles. The zero-order chi connectivity index (χ0) is 19.2. The Morgan fingerprint density at radius 2 is 1.89 bits per heavy atom. The van der Waals surface area contributed by atoms with Crippen molar-refractivity contribution in [3.63, 3.8) is 0 Å². The molecule has 0 bridgehead atoms. The van der Waals surface area contributed by atoms with Crippen LogP contribution in [0.4, 0.5) is 0 Å². The van der Waals surface area contributed by atoms with Crippen LogP contribution in [0.3, 0.4) is 0 Å². The van der Waals surface area contributed by atoms with E-state index < -0.39 is 0 Å². The minimum absolute atomic E-state index is 0. The van der Waals surface area contributed by atoms with Crippen LogP contribution in [-0.2, 0) is 9.59 Å². The lowest BCUT2D eigenvalue weighted by molar-refractivity contribution is -0.157. The highest BCUT2D eigenvalue weighted by Crippen LogP contribution is 2.65. The molecule has 0 saturated heterocycles. The quantitative estimate of drug-likeness (QED) is 0.520. The lowest BCUT2D eigenvalue weighted by Gasteiger charge is -2.59. The zero-order valence-electron chi connectivity index (χ0n) is 17.6. The van der Waals surface area contributed by atoms with Crippen molar-refractivity contribution in [3.05, 3.63) is 12.2 Å². The number of unbranched alkanes of at least 4 members (excludes halogenated alkanes) is 1. The highest BCUT2D eigenvalue weighted by atomic mass is 35.5. The number of rotatable bonds is 4. The lowest BCUT2D eigenvalue weighted by Crippen LogP contribution is -2.56. The van der Waals surface area contributed by atoms with Gasteiger partial charge in [0, 0.05) is 24.2 Å². The van der Waals surface area contributed by atoms with Crippen molar-refractivity contribution in [2.75, 3.05) is 6.54 Å². The third-order valence-corrected chi connectivity index (χ3v) is 9.19. The molecule has 4 fully saturated rings. The molecule has 4 heteroatoms. The molecule has 3 nitrogen and oxygen atoms in total. The summed E-state index contributed by atoms with van der Waals surface area (Å²) in [5, 5.41) is 0. The minimum Gasteiger partial charge on any atom is -0.330 e. The van der Waals surface area contributed by atoms with E-state index in [0.29, 0.717) is 35.2 Å². The fourth-order valence-electron chi connectivity index (χ4n) is 7.54. The summed E-state index contributed by atoms with van der Waals surface area (Å²) in [6.45, 7) is 5.37. The number of carbonyl (C=O) groups is 2. The van der Waals surface area contributed by atoms with Gasteiger partial charge >= 0.3 is 0 Å². The fourth-order valence-corrected chi connectivity index (χ4v) is 7.54. The van der Waals surface area contributed by atoms with Gasteiger partial charge in [0.05, 0.1) is 0 Å². The molecule has 28 heavy (non-hydrogen) atoms. The molecule has 0 aromatic carbocycles. The smallest absolute Gasteiger partial charge is 0.139 e. The summed E-state index contributed by atoms with van der Waals surface area (Å²) in [6.07, 6.45) is 14.9. The van der Waals surface area contributed by atoms with Gasteiger partial charge in [0.1, 0.15) is 11.6 Å². The Morgan fingerprint density at radius 1 is 1.11 bits per heavy atom. The van der Waals surface area contributed by atoms with Crippen LogP contribution in [0.25, 0.3) is 0 Å². The van der Waals surface area contributed by atoms with Crippen LogP contribution in [0.5, 0.6) is 0 Å². The van der Waals surface area contributed by atoms with E-state index in [-0.39, 0.29) is 29.2 Å². The summed E-state index contributed by atoms with van der Waals surface area (Å²) in [4.78, 5) is 25.8. The normalized spacial score (nSPS) is 45.3. The number of halogens is 1. The van der Waals surface area contributed by atoms with Crippen LogP contribution in [-0.4, -0.2) is 18.1 Å². The van der Waals surface area contributed by atoms with Crippen LogP contribution in [0.15, 0.2) is 12.2 Å². The van der Waals surface area contributed by atoms with Gasteiger partial charge in [-0.25, -0.2) is 0 Å². The van der Waals surface area contributed by atoms with Crippen LogP contribution in [0.1, 0.15) is 78.1 Å². The topological polar surface area (TPSA) is 60.2 Å². The van der Waals surface area contributed by atoms with Crippen LogP contribution in [0, 0.1) is 40.4 Å². The Hall–Kier alpha value is -0.670. The number of nitrogens with two attached hydrogens (primary N) is 1.